The van der Waals surface area contributed by atoms with Crippen LogP contribution in [-0.4, -0.2) is 31.0 Å². The Morgan fingerprint density at radius 1 is 1.00 bits per heavy atom. The Balaban J connectivity index is 1.70. The van der Waals surface area contributed by atoms with E-state index in [9.17, 15) is 13.2 Å². The highest BCUT2D eigenvalue weighted by Crippen LogP contribution is 2.31. The Morgan fingerprint density at radius 2 is 1.74 bits per heavy atom. The molecular formula is C23H20ClN3O3S. The van der Waals surface area contributed by atoms with E-state index in [1.54, 1.807) is 12.1 Å². The summed E-state index contributed by atoms with van der Waals surface area (Å²) in [5.74, 6) is -0.486. The summed E-state index contributed by atoms with van der Waals surface area (Å²) in [6, 6.07) is 19.2. The first-order chi connectivity index (χ1) is 14.8. The van der Waals surface area contributed by atoms with E-state index in [-0.39, 0.29) is 4.90 Å². The molecular weight excluding hydrogens is 434 g/mol. The Hall–Kier alpha value is -3.16. The fourth-order valence-electron chi connectivity index (χ4n) is 3.32. The van der Waals surface area contributed by atoms with Gasteiger partial charge in [-0.3, -0.25) is 4.79 Å². The zero-order chi connectivity index (χ0) is 22.2. The predicted octanol–water partition coefficient (Wildman–Crippen LogP) is 4.35. The van der Waals surface area contributed by atoms with Crippen LogP contribution in [0, 0.1) is 13.8 Å². The van der Waals surface area contributed by atoms with E-state index in [2.05, 4.69) is 10.4 Å². The van der Waals surface area contributed by atoms with Gasteiger partial charge in [0.05, 0.1) is 4.90 Å². The molecule has 6 nitrogen and oxygen atoms in total. The lowest BCUT2D eigenvalue weighted by Gasteiger charge is -2.27. The van der Waals surface area contributed by atoms with Crippen molar-refractivity contribution in [1.29, 1.82) is 0 Å². The van der Waals surface area contributed by atoms with Gasteiger partial charge in [-0.25, -0.2) is 0 Å². The van der Waals surface area contributed by atoms with Crippen molar-refractivity contribution < 1.29 is 13.2 Å². The van der Waals surface area contributed by atoms with Gasteiger partial charge in [-0.2, -0.15) is 17.9 Å². The zero-order valence-corrected chi connectivity index (χ0v) is 18.5. The second-order valence-electron chi connectivity index (χ2n) is 7.29. The van der Waals surface area contributed by atoms with Crippen molar-refractivity contribution in [3.05, 3.63) is 94.0 Å². The SMILES string of the molecule is Cc1ccc(NC(=O)CN2N=C(c3ccccc3)c3cc(Cl)ccc3S2(=O)=O)cc1C. The van der Waals surface area contributed by atoms with Crippen LogP contribution in [-0.2, 0) is 14.8 Å². The molecule has 4 rings (SSSR count). The van der Waals surface area contributed by atoms with Gasteiger partial charge in [-0.15, -0.1) is 0 Å². The zero-order valence-electron chi connectivity index (χ0n) is 17.0. The molecule has 3 aromatic carbocycles. The van der Waals surface area contributed by atoms with Gasteiger partial charge in [0.15, 0.2) is 0 Å². The number of halogens is 1. The molecule has 3 aromatic rings. The monoisotopic (exact) mass is 453 g/mol. The number of carbonyl (C=O) groups is 1. The molecule has 1 aliphatic rings. The topological polar surface area (TPSA) is 78.8 Å². The molecule has 1 N–H and O–H groups in total. The molecule has 0 aromatic heterocycles. The van der Waals surface area contributed by atoms with Gasteiger partial charge >= 0.3 is 0 Å². The number of aryl methyl sites for hydroxylation is 2. The van der Waals surface area contributed by atoms with E-state index in [4.69, 9.17) is 11.6 Å². The minimum Gasteiger partial charge on any atom is -0.324 e. The molecule has 0 bridgehead atoms. The molecule has 1 heterocycles. The summed E-state index contributed by atoms with van der Waals surface area (Å²) in [7, 11) is -4.02. The van der Waals surface area contributed by atoms with Gasteiger partial charge in [-0.05, 0) is 55.3 Å². The Kier molecular flexibility index (Phi) is 5.56. The van der Waals surface area contributed by atoms with Gasteiger partial charge in [0.1, 0.15) is 12.3 Å². The van der Waals surface area contributed by atoms with Crippen molar-refractivity contribution in [3.8, 4) is 0 Å². The number of sulfonamides is 1. The second-order valence-corrected chi connectivity index (χ2v) is 9.54. The number of nitrogens with zero attached hydrogens (tertiary/aromatic N) is 2. The van der Waals surface area contributed by atoms with Crippen molar-refractivity contribution >= 4 is 38.9 Å². The molecule has 158 valence electrons. The molecule has 8 heteroatoms. The number of carbonyl (C=O) groups excluding carboxylic acids is 1. The maximum atomic E-state index is 13.2. The summed E-state index contributed by atoms with van der Waals surface area (Å²) in [6.45, 7) is 3.47. The average molecular weight is 454 g/mol. The quantitative estimate of drug-likeness (QED) is 0.637. The summed E-state index contributed by atoms with van der Waals surface area (Å²) in [6.07, 6.45) is 0. The van der Waals surface area contributed by atoms with Crippen LogP contribution in [0.5, 0.6) is 0 Å². The molecule has 31 heavy (non-hydrogen) atoms. The summed E-state index contributed by atoms with van der Waals surface area (Å²) in [5, 5.41) is 7.49. The highest BCUT2D eigenvalue weighted by atomic mass is 35.5. The third kappa shape index (κ3) is 4.19. The largest absolute Gasteiger partial charge is 0.324 e. The third-order valence-corrected chi connectivity index (χ3v) is 6.99. The van der Waals surface area contributed by atoms with Gasteiger partial charge in [0.25, 0.3) is 10.0 Å². The van der Waals surface area contributed by atoms with Gasteiger partial charge in [-0.1, -0.05) is 48.0 Å². The smallest absolute Gasteiger partial charge is 0.280 e. The number of anilines is 1. The molecule has 0 fully saturated rings. The van der Waals surface area contributed by atoms with Crippen LogP contribution >= 0.6 is 11.6 Å². The molecule has 0 atom stereocenters. The van der Waals surface area contributed by atoms with E-state index in [1.165, 1.54) is 12.1 Å². The number of rotatable bonds is 4. The van der Waals surface area contributed by atoms with E-state index in [1.807, 2.05) is 56.3 Å². The van der Waals surface area contributed by atoms with Crippen LogP contribution in [0.2, 0.25) is 5.02 Å². The number of fused-ring (bicyclic) bond motifs is 1. The Labute approximate surface area is 186 Å². The van der Waals surface area contributed by atoms with Crippen LogP contribution < -0.4 is 5.32 Å². The van der Waals surface area contributed by atoms with Crippen LogP contribution in [0.25, 0.3) is 0 Å². The van der Waals surface area contributed by atoms with Gasteiger partial charge in [0.2, 0.25) is 5.91 Å². The molecule has 0 aliphatic carbocycles. The van der Waals surface area contributed by atoms with E-state index < -0.39 is 22.5 Å². The number of hydrogen-bond acceptors (Lipinski definition) is 4. The maximum absolute atomic E-state index is 13.2. The van der Waals surface area contributed by atoms with Crippen molar-refractivity contribution in [3.63, 3.8) is 0 Å². The van der Waals surface area contributed by atoms with Crippen LogP contribution in [0.15, 0.2) is 76.7 Å². The van der Waals surface area contributed by atoms with E-state index >= 15 is 0 Å². The highest BCUT2D eigenvalue weighted by molar-refractivity contribution is 7.89. The van der Waals surface area contributed by atoms with Gasteiger partial charge < -0.3 is 5.32 Å². The van der Waals surface area contributed by atoms with Crippen molar-refractivity contribution in [2.45, 2.75) is 18.7 Å². The lowest BCUT2D eigenvalue weighted by Crippen LogP contribution is -2.38. The number of benzene rings is 3. The lowest BCUT2D eigenvalue weighted by molar-refractivity contribution is -0.116. The van der Waals surface area contributed by atoms with E-state index in [0.29, 0.717) is 22.0 Å². The number of hydrazone groups is 1. The maximum Gasteiger partial charge on any atom is 0.280 e. The molecule has 1 aliphatic heterocycles. The Morgan fingerprint density at radius 3 is 2.45 bits per heavy atom. The molecule has 0 saturated heterocycles. The first kappa shape index (κ1) is 21.1. The molecule has 0 unspecified atom stereocenters. The normalized spacial score (nSPS) is 14.5. The first-order valence-electron chi connectivity index (χ1n) is 9.59. The van der Waals surface area contributed by atoms with Crippen molar-refractivity contribution in [1.82, 2.24) is 4.41 Å². The number of nitrogens with one attached hydrogen (secondary N) is 1. The van der Waals surface area contributed by atoms with Crippen molar-refractivity contribution in [2.75, 3.05) is 11.9 Å². The van der Waals surface area contributed by atoms with Gasteiger partial charge in [0, 0.05) is 21.8 Å². The van der Waals surface area contributed by atoms with Crippen LogP contribution in [0.1, 0.15) is 22.3 Å². The summed E-state index contributed by atoms with van der Waals surface area (Å²) >= 11 is 6.13. The standard InChI is InChI=1S/C23H20ClN3O3S/c1-15-8-10-19(12-16(15)2)25-22(28)14-27-26-23(17-6-4-3-5-7-17)20-13-18(24)9-11-21(20)31(27,29)30/h3-13H,14H2,1-2H3,(H,25,28). The van der Waals surface area contributed by atoms with Crippen molar-refractivity contribution in [2.24, 2.45) is 5.10 Å². The summed E-state index contributed by atoms with van der Waals surface area (Å²) < 4.78 is 27.2. The van der Waals surface area contributed by atoms with E-state index in [0.717, 1.165) is 21.1 Å². The lowest BCUT2D eigenvalue weighted by atomic mass is 10.0. The molecule has 0 radical (unpaired) electrons. The first-order valence-corrected chi connectivity index (χ1v) is 11.4. The average Bonchev–Trinajstić information content (AvgIpc) is 2.73. The summed E-state index contributed by atoms with van der Waals surface area (Å²) in [5.41, 5.74) is 4.29. The molecule has 0 spiro atoms. The minimum absolute atomic E-state index is 0.0599. The fourth-order valence-corrected chi connectivity index (χ4v) is 4.87. The highest BCUT2D eigenvalue weighted by Gasteiger charge is 2.34. The third-order valence-electron chi connectivity index (χ3n) is 5.08. The predicted molar refractivity (Wildman–Crippen MR) is 122 cm³/mol. The van der Waals surface area contributed by atoms with Crippen LogP contribution in [0.4, 0.5) is 5.69 Å². The molecule has 1 amide bonds. The number of hydrogen-bond donors (Lipinski definition) is 1. The fraction of sp³-hybridized carbons (Fsp3) is 0.130. The Bertz CT molecular complexity index is 1300. The number of amides is 1. The second kappa shape index (κ2) is 8.17. The molecule has 0 saturated carbocycles. The summed E-state index contributed by atoms with van der Waals surface area (Å²) in [4.78, 5) is 12.7. The van der Waals surface area contributed by atoms with Crippen LogP contribution in [0.3, 0.4) is 0 Å². The minimum atomic E-state index is -4.02.